The Morgan fingerprint density at radius 2 is 2.25 bits per heavy atom. The van der Waals surface area contributed by atoms with Gasteiger partial charge in [-0.3, -0.25) is 0 Å². The number of benzene rings is 1. The molecular formula is C10H10FN3O2. The molecule has 3 N–H and O–H groups in total. The van der Waals surface area contributed by atoms with Crippen molar-refractivity contribution in [3.8, 4) is 17.1 Å². The normalized spacial score (nSPS) is 10.7. The summed E-state index contributed by atoms with van der Waals surface area (Å²) in [5.41, 5.74) is 6.12. The number of aromatic hydroxyl groups is 1. The molecule has 0 aliphatic carbocycles. The second-order valence-corrected chi connectivity index (χ2v) is 3.34. The Morgan fingerprint density at radius 1 is 1.50 bits per heavy atom. The average molecular weight is 223 g/mol. The van der Waals surface area contributed by atoms with E-state index in [1.54, 1.807) is 6.92 Å². The summed E-state index contributed by atoms with van der Waals surface area (Å²) in [5, 5.41) is 13.0. The highest BCUT2D eigenvalue weighted by Gasteiger charge is 2.12. The molecule has 0 aliphatic rings. The van der Waals surface area contributed by atoms with E-state index in [0.29, 0.717) is 11.1 Å². The predicted octanol–water partition coefficient (Wildman–Crippen LogP) is 1.35. The third-order valence-corrected chi connectivity index (χ3v) is 2.14. The van der Waals surface area contributed by atoms with Crippen LogP contribution >= 0.6 is 0 Å². The lowest BCUT2D eigenvalue weighted by Gasteiger charge is -2.01. The zero-order chi connectivity index (χ0) is 11.7. The molecule has 2 aromatic rings. The zero-order valence-corrected chi connectivity index (χ0v) is 8.57. The van der Waals surface area contributed by atoms with Gasteiger partial charge in [0.1, 0.15) is 0 Å². The predicted molar refractivity (Wildman–Crippen MR) is 54.0 cm³/mol. The van der Waals surface area contributed by atoms with Gasteiger partial charge in [0.25, 0.3) is 0 Å². The first-order valence-electron chi connectivity index (χ1n) is 4.64. The van der Waals surface area contributed by atoms with Gasteiger partial charge >= 0.3 is 0 Å². The summed E-state index contributed by atoms with van der Waals surface area (Å²) in [5.74, 6) is -0.518. The van der Waals surface area contributed by atoms with Crippen molar-refractivity contribution < 1.29 is 14.0 Å². The van der Waals surface area contributed by atoms with Crippen molar-refractivity contribution >= 4 is 0 Å². The Bertz CT molecular complexity index is 502. The van der Waals surface area contributed by atoms with Crippen LogP contribution in [-0.4, -0.2) is 15.2 Å². The fraction of sp³-hybridized carbons (Fsp3) is 0.200. The summed E-state index contributed by atoms with van der Waals surface area (Å²) in [6, 6.07) is 2.77. The molecule has 0 saturated carbocycles. The molecule has 2 rings (SSSR count). The highest BCUT2D eigenvalue weighted by Crippen LogP contribution is 2.26. The SMILES string of the molecule is Cc1cc(-c2noc(CN)n2)cc(O)c1F. The van der Waals surface area contributed by atoms with Crippen molar-refractivity contribution in [2.24, 2.45) is 5.73 Å². The molecule has 0 bridgehead atoms. The van der Waals surface area contributed by atoms with E-state index in [1.165, 1.54) is 12.1 Å². The zero-order valence-electron chi connectivity index (χ0n) is 8.57. The maximum absolute atomic E-state index is 13.2. The minimum atomic E-state index is -0.647. The Hall–Kier alpha value is -1.95. The smallest absolute Gasteiger partial charge is 0.240 e. The van der Waals surface area contributed by atoms with E-state index in [-0.39, 0.29) is 18.3 Å². The highest BCUT2D eigenvalue weighted by molar-refractivity contribution is 5.58. The van der Waals surface area contributed by atoms with Crippen molar-refractivity contribution in [3.05, 3.63) is 29.4 Å². The maximum Gasteiger partial charge on any atom is 0.240 e. The minimum absolute atomic E-state index is 0.138. The van der Waals surface area contributed by atoms with Crippen molar-refractivity contribution in [2.75, 3.05) is 0 Å². The molecule has 0 radical (unpaired) electrons. The molecule has 5 nitrogen and oxygen atoms in total. The molecule has 0 spiro atoms. The van der Waals surface area contributed by atoms with Crippen LogP contribution in [0.3, 0.4) is 0 Å². The van der Waals surface area contributed by atoms with Crippen molar-refractivity contribution in [1.82, 2.24) is 10.1 Å². The first kappa shape index (κ1) is 10.6. The lowest BCUT2D eigenvalue weighted by Crippen LogP contribution is -1.95. The maximum atomic E-state index is 13.2. The summed E-state index contributed by atoms with van der Waals surface area (Å²) in [4.78, 5) is 3.97. The standard InChI is InChI=1S/C10H10FN3O2/c1-5-2-6(3-7(15)9(5)11)10-13-8(4-12)16-14-10/h2-3,15H,4,12H2,1H3. The van der Waals surface area contributed by atoms with Gasteiger partial charge in [-0.05, 0) is 24.6 Å². The first-order valence-corrected chi connectivity index (χ1v) is 4.64. The van der Waals surface area contributed by atoms with Crippen LogP contribution in [0.4, 0.5) is 4.39 Å². The minimum Gasteiger partial charge on any atom is -0.505 e. The highest BCUT2D eigenvalue weighted by atomic mass is 19.1. The summed E-state index contributed by atoms with van der Waals surface area (Å²) in [7, 11) is 0. The molecule has 16 heavy (non-hydrogen) atoms. The van der Waals surface area contributed by atoms with E-state index < -0.39 is 11.6 Å². The van der Waals surface area contributed by atoms with Gasteiger partial charge < -0.3 is 15.4 Å². The lowest BCUT2D eigenvalue weighted by atomic mass is 10.1. The van der Waals surface area contributed by atoms with Crippen LogP contribution in [0.15, 0.2) is 16.7 Å². The van der Waals surface area contributed by atoms with E-state index in [1.807, 2.05) is 0 Å². The van der Waals surface area contributed by atoms with Gasteiger partial charge in [0.05, 0.1) is 6.54 Å². The van der Waals surface area contributed by atoms with Gasteiger partial charge in [0.2, 0.25) is 11.7 Å². The molecule has 0 amide bonds. The van der Waals surface area contributed by atoms with Crippen LogP contribution in [0, 0.1) is 12.7 Å². The summed E-state index contributed by atoms with van der Waals surface area (Å²) >= 11 is 0. The summed E-state index contributed by atoms with van der Waals surface area (Å²) in [6.45, 7) is 1.68. The number of halogens is 1. The van der Waals surface area contributed by atoms with E-state index in [2.05, 4.69) is 10.1 Å². The Morgan fingerprint density at radius 3 is 2.81 bits per heavy atom. The van der Waals surface area contributed by atoms with Crippen molar-refractivity contribution in [3.63, 3.8) is 0 Å². The third-order valence-electron chi connectivity index (χ3n) is 2.14. The Balaban J connectivity index is 2.48. The third kappa shape index (κ3) is 1.74. The van der Waals surface area contributed by atoms with Crippen LogP contribution in [0.1, 0.15) is 11.5 Å². The number of phenolic OH excluding ortho intramolecular Hbond substituents is 1. The molecule has 0 aliphatic heterocycles. The summed E-state index contributed by atoms with van der Waals surface area (Å²) < 4.78 is 18.0. The molecule has 1 aromatic carbocycles. The van der Waals surface area contributed by atoms with E-state index in [9.17, 15) is 9.50 Å². The number of hydrogen-bond acceptors (Lipinski definition) is 5. The topological polar surface area (TPSA) is 85.2 Å². The van der Waals surface area contributed by atoms with Crippen LogP contribution in [-0.2, 0) is 6.54 Å². The molecule has 1 heterocycles. The monoisotopic (exact) mass is 223 g/mol. The van der Waals surface area contributed by atoms with Crippen LogP contribution in [0.25, 0.3) is 11.4 Å². The molecule has 0 fully saturated rings. The van der Waals surface area contributed by atoms with Crippen molar-refractivity contribution in [1.29, 1.82) is 0 Å². The second-order valence-electron chi connectivity index (χ2n) is 3.34. The molecule has 6 heteroatoms. The van der Waals surface area contributed by atoms with Crippen molar-refractivity contribution in [2.45, 2.75) is 13.5 Å². The first-order chi connectivity index (χ1) is 7.61. The number of aryl methyl sites for hydroxylation is 1. The molecule has 84 valence electrons. The van der Waals surface area contributed by atoms with E-state index in [0.717, 1.165) is 0 Å². The van der Waals surface area contributed by atoms with E-state index in [4.69, 9.17) is 10.3 Å². The molecular weight excluding hydrogens is 213 g/mol. The van der Waals surface area contributed by atoms with Crippen LogP contribution in [0.5, 0.6) is 5.75 Å². The number of nitrogens with two attached hydrogens (primary N) is 1. The number of hydrogen-bond donors (Lipinski definition) is 2. The molecule has 0 saturated heterocycles. The molecule has 0 unspecified atom stereocenters. The number of phenols is 1. The number of rotatable bonds is 2. The largest absolute Gasteiger partial charge is 0.505 e. The van der Waals surface area contributed by atoms with Gasteiger partial charge in [-0.15, -0.1) is 0 Å². The van der Waals surface area contributed by atoms with Crippen LogP contribution in [0.2, 0.25) is 0 Å². The number of nitrogens with zero attached hydrogens (tertiary/aromatic N) is 2. The van der Waals surface area contributed by atoms with Gasteiger partial charge in [0.15, 0.2) is 11.6 Å². The van der Waals surface area contributed by atoms with Gasteiger partial charge in [-0.1, -0.05) is 5.16 Å². The Labute approximate surface area is 90.7 Å². The number of aromatic nitrogens is 2. The molecule has 0 atom stereocenters. The summed E-state index contributed by atoms with van der Waals surface area (Å²) in [6.07, 6.45) is 0. The van der Waals surface area contributed by atoms with Gasteiger partial charge in [-0.2, -0.15) is 4.98 Å². The average Bonchev–Trinajstić information content (AvgIpc) is 2.73. The van der Waals surface area contributed by atoms with Gasteiger partial charge in [0, 0.05) is 5.56 Å². The lowest BCUT2D eigenvalue weighted by molar-refractivity contribution is 0.380. The Kier molecular flexibility index (Phi) is 2.57. The molecule has 1 aromatic heterocycles. The fourth-order valence-corrected chi connectivity index (χ4v) is 1.34. The second kappa shape index (κ2) is 3.90. The fourth-order valence-electron chi connectivity index (χ4n) is 1.34. The van der Waals surface area contributed by atoms with Crippen LogP contribution < -0.4 is 5.73 Å². The quantitative estimate of drug-likeness (QED) is 0.802. The van der Waals surface area contributed by atoms with E-state index >= 15 is 0 Å². The van der Waals surface area contributed by atoms with Gasteiger partial charge in [-0.25, -0.2) is 4.39 Å².